The Labute approximate surface area is 171 Å². The highest BCUT2D eigenvalue weighted by Crippen LogP contribution is 2.31. The first kappa shape index (κ1) is 19.6. The minimum atomic E-state index is -0.221. The van der Waals surface area contributed by atoms with Crippen LogP contribution in [0, 0.1) is 6.92 Å². The van der Waals surface area contributed by atoms with Crippen molar-refractivity contribution in [3.05, 3.63) is 63.4 Å². The van der Waals surface area contributed by atoms with Crippen molar-refractivity contribution in [1.82, 2.24) is 4.98 Å². The molecule has 140 valence electrons. The van der Waals surface area contributed by atoms with Crippen LogP contribution in [0.1, 0.15) is 30.2 Å². The van der Waals surface area contributed by atoms with Crippen LogP contribution in [0.3, 0.4) is 0 Å². The maximum Gasteiger partial charge on any atom is 0.264 e. The van der Waals surface area contributed by atoms with Gasteiger partial charge in [-0.25, -0.2) is 4.98 Å². The lowest BCUT2D eigenvalue weighted by molar-refractivity contribution is -0.118. The van der Waals surface area contributed by atoms with Gasteiger partial charge in [0.05, 0.1) is 5.69 Å². The van der Waals surface area contributed by atoms with E-state index in [0.717, 1.165) is 20.6 Å². The molecule has 1 aromatic heterocycles. The summed E-state index contributed by atoms with van der Waals surface area (Å²) in [6.07, 6.45) is 0. The lowest BCUT2D eigenvalue weighted by Crippen LogP contribution is -2.20. The van der Waals surface area contributed by atoms with E-state index in [1.54, 1.807) is 0 Å². The third-order valence-corrected chi connectivity index (χ3v) is 5.47. The number of carbonyl (C=O) groups excluding carboxylic acids is 1. The average Bonchev–Trinajstić information content (AvgIpc) is 3.01. The van der Waals surface area contributed by atoms with E-state index in [-0.39, 0.29) is 12.5 Å². The third kappa shape index (κ3) is 5.17. The van der Waals surface area contributed by atoms with E-state index in [4.69, 9.17) is 4.74 Å². The van der Waals surface area contributed by atoms with Gasteiger partial charge in [-0.2, -0.15) is 0 Å². The maximum absolute atomic E-state index is 12.2. The van der Waals surface area contributed by atoms with Crippen LogP contribution in [0.2, 0.25) is 0 Å². The van der Waals surface area contributed by atoms with Crippen molar-refractivity contribution in [2.45, 2.75) is 26.7 Å². The first-order valence-corrected chi connectivity index (χ1v) is 10.3. The molecule has 0 radical (unpaired) electrons. The Hall–Kier alpha value is -2.18. The minimum Gasteiger partial charge on any atom is -0.484 e. The van der Waals surface area contributed by atoms with Crippen LogP contribution in [0.25, 0.3) is 11.3 Å². The van der Waals surface area contributed by atoms with Gasteiger partial charge in [0.1, 0.15) is 5.75 Å². The fourth-order valence-electron chi connectivity index (χ4n) is 2.59. The Bertz CT molecular complexity index is 936. The summed E-state index contributed by atoms with van der Waals surface area (Å²) >= 11 is 4.89. The molecule has 6 heteroatoms. The Morgan fingerprint density at radius 2 is 1.96 bits per heavy atom. The predicted molar refractivity (Wildman–Crippen MR) is 115 cm³/mol. The number of amides is 1. The van der Waals surface area contributed by atoms with Crippen LogP contribution in [0.4, 0.5) is 5.13 Å². The fourth-order valence-corrected chi connectivity index (χ4v) is 3.71. The lowest BCUT2D eigenvalue weighted by Gasteiger charge is -2.09. The van der Waals surface area contributed by atoms with E-state index in [1.165, 1.54) is 16.9 Å². The number of rotatable bonds is 6. The van der Waals surface area contributed by atoms with Gasteiger partial charge in [-0.05, 0) is 42.7 Å². The van der Waals surface area contributed by atoms with Crippen LogP contribution in [0.5, 0.6) is 5.75 Å². The number of hydrogen-bond acceptors (Lipinski definition) is 4. The molecule has 3 rings (SSSR count). The molecule has 2 aromatic carbocycles. The largest absolute Gasteiger partial charge is 0.484 e. The number of ether oxygens (including phenoxy) is 1. The summed E-state index contributed by atoms with van der Waals surface area (Å²) in [4.78, 5) is 17.8. The summed E-state index contributed by atoms with van der Waals surface area (Å²) in [6, 6.07) is 15.8. The number of halogens is 1. The van der Waals surface area contributed by atoms with Crippen LogP contribution >= 0.6 is 27.3 Å². The summed E-state index contributed by atoms with van der Waals surface area (Å²) < 4.78 is 6.65. The predicted octanol–water partition coefficient (Wildman–Crippen LogP) is 6.02. The molecule has 0 saturated carbocycles. The monoisotopic (exact) mass is 444 g/mol. The summed E-state index contributed by atoms with van der Waals surface area (Å²) in [5, 5.41) is 3.40. The lowest BCUT2D eigenvalue weighted by atomic mass is 10.0. The van der Waals surface area contributed by atoms with E-state index >= 15 is 0 Å². The molecule has 0 fully saturated rings. The molecule has 0 spiro atoms. The van der Waals surface area contributed by atoms with Crippen molar-refractivity contribution in [2.24, 2.45) is 0 Å². The molecule has 1 heterocycles. The Kier molecular flexibility index (Phi) is 6.29. The van der Waals surface area contributed by atoms with E-state index < -0.39 is 0 Å². The smallest absolute Gasteiger partial charge is 0.264 e. The highest BCUT2D eigenvalue weighted by molar-refractivity contribution is 9.10. The summed E-state index contributed by atoms with van der Waals surface area (Å²) in [5.41, 5.74) is 3.09. The second-order valence-electron chi connectivity index (χ2n) is 6.49. The molecule has 0 aliphatic heterocycles. The maximum atomic E-state index is 12.2. The molecule has 0 bridgehead atoms. The molecule has 1 N–H and O–H groups in total. The number of thiazole rings is 1. The molecule has 1 amide bonds. The van der Waals surface area contributed by atoms with Crippen LogP contribution < -0.4 is 10.1 Å². The number of anilines is 1. The number of aromatic nitrogens is 1. The zero-order chi connectivity index (χ0) is 19.4. The van der Waals surface area contributed by atoms with E-state index in [2.05, 4.69) is 46.1 Å². The van der Waals surface area contributed by atoms with Crippen LogP contribution in [-0.2, 0) is 4.79 Å². The zero-order valence-corrected chi connectivity index (χ0v) is 17.9. The van der Waals surface area contributed by atoms with Crippen molar-refractivity contribution in [3.8, 4) is 17.0 Å². The summed E-state index contributed by atoms with van der Waals surface area (Å²) in [6.45, 7) is 6.20. The quantitative estimate of drug-likeness (QED) is 0.505. The average molecular weight is 445 g/mol. The number of nitrogens with one attached hydrogen (secondary N) is 1. The first-order valence-electron chi connectivity index (χ1n) is 8.68. The SMILES string of the molecule is Cc1sc(NC(=O)COc2cccc(C(C)C)c2)nc1-c1ccc(Br)cc1. The van der Waals surface area contributed by atoms with Gasteiger partial charge in [0.25, 0.3) is 5.91 Å². The van der Waals surface area contributed by atoms with Crippen molar-refractivity contribution in [2.75, 3.05) is 11.9 Å². The van der Waals surface area contributed by atoms with Crippen molar-refractivity contribution in [3.63, 3.8) is 0 Å². The minimum absolute atomic E-state index is 0.0478. The molecular weight excluding hydrogens is 424 g/mol. The second kappa shape index (κ2) is 8.67. The fraction of sp³-hybridized carbons (Fsp3) is 0.238. The first-order chi connectivity index (χ1) is 12.9. The van der Waals surface area contributed by atoms with Gasteiger partial charge in [-0.3, -0.25) is 10.1 Å². The van der Waals surface area contributed by atoms with Gasteiger partial charge < -0.3 is 4.74 Å². The van der Waals surface area contributed by atoms with Gasteiger partial charge >= 0.3 is 0 Å². The van der Waals surface area contributed by atoms with E-state index in [1.807, 2.05) is 49.4 Å². The molecule has 0 aliphatic rings. The topological polar surface area (TPSA) is 51.2 Å². The van der Waals surface area contributed by atoms with Gasteiger partial charge in [-0.15, -0.1) is 11.3 Å². The van der Waals surface area contributed by atoms with Crippen LogP contribution in [0.15, 0.2) is 53.0 Å². The van der Waals surface area contributed by atoms with Gasteiger partial charge in [-0.1, -0.05) is 54.0 Å². The van der Waals surface area contributed by atoms with Gasteiger partial charge in [0.15, 0.2) is 11.7 Å². The molecule has 0 unspecified atom stereocenters. The van der Waals surface area contributed by atoms with Gasteiger partial charge in [0, 0.05) is 14.9 Å². The van der Waals surface area contributed by atoms with Gasteiger partial charge in [0.2, 0.25) is 0 Å². The summed E-state index contributed by atoms with van der Waals surface area (Å²) in [7, 11) is 0. The van der Waals surface area contributed by atoms with E-state index in [0.29, 0.717) is 16.8 Å². The van der Waals surface area contributed by atoms with Crippen molar-refractivity contribution < 1.29 is 9.53 Å². The van der Waals surface area contributed by atoms with Crippen molar-refractivity contribution in [1.29, 1.82) is 0 Å². The summed E-state index contributed by atoms with van der Waals surface area (Å²) in [5.74, 6) is 0.890. The molecule has 3 aromatic rings. The standard InChI is InChI=1S/C21H21BrN2O2S/c1-13(2)16-5-4-6-18(11-16)26-12-19(25)23-21-24-20(14(3)27-21)15-7-9-17(22)10-8-15/h4-11,13H,12H2,1-3H3,(H,23,24,25). The molecule has 0 atom stereocenters. The van der Waals surface area contributed by atoms with Crippen molar-refractivity contribution >= 4 is 38.3 Å². The van der Waals surface area contributed by atoms with Crippen LogP contribution in [-0.4, -0.2) is 17.5 Å². The molecule has 0 saturated heterocycles. The normalized spacial score (nSPS) is 10.9. The zero-order valence-electron chi connectivity index (χ0n) is 15.5. The number of carbonyl (C=O) groups is 1. The number of nitrogens with zero attached hydrogens (tertiary/aromatic N) is 1. The highest BCUT2D eigenvalue weighted by Gasteiger charge is 2.13. The molecule has 4 nitrogen and oxygen atoms in total. The highest BCUT2D eigenvalue weighted by atomic mass is 79.9. The Morgan fingerprint density at radius 3 is 2.67 bits per heavy atom. The number of benzene rings is 2. The van der Waals surface area contributed by atoms with E-state index in [9.17, 15) is 4.79 Å². The molecular formula is C21H21BrN2O2S. The second-order valence-corrected chi connectivity index (χ2v) is 8.61. The molecule has 27 heavy (non-hydrogen) atoms. The Morgan fingerprint density at radius 1 is 1.22 bits per heavy atom. The Balaban J connectivity index is 1.62. The number of aryl methyl sites for hydroxylation is 1. The third-order valence-electron chi connectivity index (χ3n) is 4.06. The molecule has 0 aliphatic carbocycles. The number of hydrogen-bond donors (Lipinski definition) is 1.